The van der Waals surface area contributed by atoms with Gasteiger partial charge in [-0.3, -0.25) is 4.79 Å². The predicted molar refractivity (Wildman–Crippen MR) is 120 cm³/mol. The summed E-state index contributed by atoms with van der Waals surface area (Å²) < 4.78 is 25.2. The third kappa shape index (κ3) is 5.69. The maximum atomic E-state index is 13.4. The summed E-state index contributed by atoms with van der Waals surface area (Å²) in [4.78, 5) is 12.6. The molecule has 0 aliphatic rings. The lowest BCUT2D eigenvalue weighted by atomic mass is 10.1. The molecule has 1 heterocycles. The van der Waals surface area contributed by atoms with E-state index < -0.39 is 5.82 Å². The van der Waals surface area contributed by atoms with Crippen LogP contribution in [0, 0.1) is 12.7 Å². The number of alkyl halides is 1. The fraction of sp³-hybridized carbons (Fsp3) is 0.375. The molecule has 0 bridgehead atoms. The molecular weight excluding hydrogens is 435 g/mol. The number of rotatable bonds is 10. The largest absolute Gasteiger partial charge is 0.494 e. The first-order chi connectivity index (χ1) is 14.1. The molecule has 0 atom stereocenters. The second-order valence-electron chi connectivity index (χ2n) is 7.21. The van der Waals surface area contributed by atoms with E-state index in [4.69, 9.17) is 9.15 Å². The van der Waals surface area contributed by atoms with Crippen molar-refractivity contribution in [2.75, 3.05) is 11.9 Å². The molecule has 0 aliphatic heterocycles. The summed E-state index contributed by atoms with van der Waals surface area (Å²) >= 11 is 3.45. The van der Waals surface area contributed by atoms with Crippen LogP contribution < -0.4 is 10.2 Å². The van der Waals surface area contributed by atoms with Crippen molar-refractivity contribution in [2.24, 2.45) is 0 Å². The summed E-state index contributed by atoms with van der Waals surface area (Å²) in [5.41, 5.74) is 1.44. The predicted octanol–water partition coefficient (Wildman–Crippen LogP) is 7.02. The van der Waals surface area contributed by atoms with Crippen molar-refractivity contribution in [3.8, 4) is 17.1 Å². The van der Waals surface area contributed by atoms with Gasteiger partial charge in [0.05, 0.1) is 12.0 Å². The van der Waals surface area contributed by atoms with Gasteiger partial charge in [-0.1, -0.05) is 41.6 Å². The number of hydrogen-bond acceptors (Lipinski definition) is 3. The van der Waals surface area contributed by atoms with Gasteiger partial charge in [-0.2, -0.15) is 0 Å². The van der Waals surface area contributed by atoms with E-state index in [9.17, 15) is 9.18 Å². The van der Waals surface area contributed by atoms with E-state index in [1.54, 1.807) is 6.92 Å². The zero-order valence-corrected chi connectivity index (χ0v) is 18.3. The van der Waals surface area contributed by atoms with Crippen LogP contribution in [0.2, 0.25) is 0 Å². The Morgan fingerprint density at radius 3 is 2.38 bits per heavy atom. The molecule has 1 aromatic heterocycles. The number of halogens is 2. The Labute approximate surface area is 179 Å². The lowest BCUT2D eigenvalue weighted by Gasteiger charge is -2.09. The average Bonchev–Trinajstić information content (AvgIpc) is 2.73. The van der Waals surface area contributed by atoms with Gasteiger partial charge in [-0.25, -0.2) is 4.39 Å². The Kier molecular flexibility index (Phi) is 7.87. The highest BCUT2D eigenvalue weighted by molar-refractivity contribution is 9.09. The Morgan fingerprint density at radius 2 is 1.66 bits per heavy atom. The number of hydrogen-bond donors (Lipinski definition) is 0. The Balaban J connectivity index is 1.61. The van der Waals surface area contributed by atoms with E-state index in [1.165, 1.54) is 50.3 Å². The maximum Gasteiger partial charge on any atom is 0.196 e. The third-order valence-electron chi connectivity index (χ3n) is 4.99. The lowest BCUT2D eigenvalue weighted by Crippen LogP contribution is -2.07. The molecule has 0 spiro atoms. The quantitative estimate of drug-likeness (QED) is 0.241. The molecule has 2 aromatic carbocycles. The van der Waals surface area contributed by atoms with Crippen molar-refractivity contribution >= 4 is 26.9 Å². The summed E-state index contributed by atoms with van der Waals surface area (Å²) in [6, 6.07) is 11.6. The molecule has 3 nitrogen and oxygen atoms in total. The summed E-state index contributed by atoms with van der Waals surface area (Å²) in [5.74, 6) is 0.859. The fourth-order valence-corrected chi connectivity index (χ4v) is 3.73. The lowest BCUT2D eigenvalue weighted by molar-refractivity contribution is 0.304. The molecule has 0 amide bonds. The molecule has 0 radical (unpaired) electrons. The summed E-state index contributed by atoms with van der Waals surface area (Å²) in [7, 11) is 0. The fourth-order valence-electron chi connectivity index (χ4n) is 3.33. The van der Waals surface area contributed by atoms with Gasteiger partial charge in [0.1, 0.15) is 22.9 Å². The average molecular weight is 461 g/mol. The minimum Gasteiger partial charge on any atom is -0.494 e. The van der Waals surface area contributed by atoms with Gasteiger partial charge in [0.25, 0.3) is 0 Å². The SMILES string of the molecule is Cc1c(-c2ccc(OCCCCCCCCBr)cc2)oc2ccc(F)cc2c1=O. The van der Waals surface area contributed by atoms with Gasteiger partial charge < -0.3 is 9.15 Å². The Bertz CT molecular complexity index is 995. The first kappa shape index (κ1) is 21.6. The van der Waals surface area contributed by atoms with Crippen LogP contribution in [0.5, 0.6) is 5.75 Å². The molecular formula is C24H26BrFO3. The summed E-state index contributed by atoms with van der Waals surface area (Å²) in [6.45, 7) is 2.40. The second kappa shape index (κ2) is 10.6. The van der Waals surface area contributed by atoms with Crippen molar-refractivity contribution in [1.82, 2.24) is 0 Å². The molecule has 0 saturated heterocycles. The van der Waals surface area contributed by atoms with Crippen LogP contribution in [0.15, 0.2) is 51.7 Å². The standard InChI is InChI=1S/C24H26BrFO3/c1-17-23(27)21-16-19(26)10-13-22(21)29-24(17)18-8-11-20(12-9-18)28-15-7-5-3-2-4-6-14-25/h8-13,16H,2-7,14-15H2,1H3. The second-order valence-corrected chi connectivity index (χ2v) is 8.00. The van der Waals surface area contributed by atoms with Crippen LogP contribution in [0.1, 0.15) is 44.1 Å². The smallest absolute Gasteiger partial charge is 0.196 e. The molecule has 154 valence electrons. The van der Waals surface area contributed by atoms with Gasteiger partial charge in [0, 0.05) is 16.5 Å². The Morgan fingerprint density at radius 1 is 0.966 bits per heavy atom. The van der Waals surface area contributed by atoms with Gasteiger partial charge >= 0.3 is 0 Å². The number of ether oxygens (including phenoxy) is 1. The van der Waals surface area contributed by atoms with E-state index in [0.29, 0.717) is 23.5 Å². The van der Waals surface area contributed by atoms with E-state index in [1.807, 2.05) is 24.3 Å². The van der Waals surface area contributed by atoms with Crippen LogP contribution in [0.3, 0.4) is 0 Å². The number of fused-ring (bicyclic) bond motifs is 1. The minimum absolute atomic E-state index is 0.211. The zero-order valence-electron chi connectivity index (χ0n) is 16.7. The molecule has 0 unspecified atom stereocenters. The van der Waals surface area contributed by atoms with Crippen molar-refractivity contribution in [1.29, 1.82) is 0 Å². The normalized spacial score (nSPS) is 11.1. The van der Waals surface area contributed by atoms with E-state index in [2.05, 4.69) is 15.9 Å². The zero-order chi connectivity index (χ0) is 20.6. The van der Waals surface area contributed by atoms with E-state index >= 15 is 0 Å². The molecule has 3 aromatic rings. The van der Waals surface area contributed by atoms with Crippen LogP contribution in [0.25, 0.3) is 22.3 Å². The maximum absolute atomic E-state index is 13.4. The van der Waals surface area contributed by atoms with E-state index in [0.717, 1.165) is 23.1 Å². The topological polar surface area (TPSA) is 39.4 Å². The van der Waals surface area contributed by atoms with Crippen LogP contribution in [0.4, 0.5) is 4.39 Å². The number of unbranched alkanes of at least 4 members (excludes halogenated alkanes) is 5. The number of benzene rings is 2. The third-order valence-corrected chi connectivity index (χ3v) is 5.55. The summed E-state index contributed by atoms with van der Waals surface area (Å²) in [6.07, 6.45) is 7.29. The van der Waals surface area contributed by atoms with Crippen molar-refractivity contribution in [3.05, 3.63) is 64.1 Å². The molecule has 0 fully saturated rings. The van der Waals surface area contributed by atoms with Gasteiger partial charge in [0.15, 0.2) is 5.43 Å². The first-order valence-electron chi connectivity index (χ1n) is 10.1. The van der Waals surface area contributed by atoms with Crippen LogP contribution in [-0.4, -0.2) is 11.9 Å². The van der Waals surface area contributed by atoms with Crippen molar-refractivity contribution in [3.63, 3.8) is 0 Å². The van der Waals surface area contributed by atoms with Crippen molar-refractivity contribution < 1.29 is 13.5 Å². The van der Waals surface area contributed by atoms with Crippen LogP contribution >= 0.6 is 15.9 Å². The van der Waals surface area contributed by atoms with Crippen LogP contribution in [-0.2, 0) is 0 Å². The molecule has 0 N–H and O–H groups in total. The molecule has 0 aliphatic carbocycles. The van der Waals surface area contributed by atoms with E-state index in [-0.39, 0.29) is 10.8 Å². The monoisotopic (exact) mass is 460 g/mol. The van der Waals surface area contributed by atoms with Gasteiger partial charge in [-0.05, 0) is 62.2 Å². The summed E-state index contributed by atoms with van der Waals surface area (Å²) in [5, 5.41) is 1.35. The van der Waals surface area contributed by atoms with Crippen molar-refractivity contribution in [2.45, 2.75) is 45.4 Å². The highest BCUT2D eigenvalue weighted by atomic mass is 79.9. The minimum atomic E-state index is -0.447. The first-order valence-corrected chi connectivity index (χ1v) is 11.2. The Hall–Kier alpha value is -2.14. The molecule has 0 saturated carbocycles. The molecule has 5 heteroatoms. The highest BCUT2D eigenvalue weighted by Crippen LogP contribution is 2.27. The van der Waals surface area contributed by atoms with Gasteiger partial charge in [0.2, 0.25) is 0 Å². The molecule has 29 heavy (non-hydrogen) atoms. The molecule has 3 rings (SSSR count). The van der Waals surface area contributed by atoms with Gasteiger partial charge in [-0.15, -0.1) is 0 Å². The highest BCUT2D eigenvalue weighted by Gasteiger charge is 2.13.